The van der Waals surface area contributed by atoms with Gasteiger partial charge in [0, 0.05) is 29.2 Å². The molecule has 9 heteroatoms. The van der Waals surface area contributed by atoms with Gasteiger partial charge in [0.15, 0.2) is 0 Å². The summed E-state index contributed by atoms with van der Waals surface area (Å²) < 4.78 is 84.8. The van der Waals surface area contributed by atoms with Gasteiger partial charge >= 0.3 is 6.18 Å². The van der Waals surface area contributed by atoms with E-state index in [2.05, 4.69) is 0 Å². The van der Waals surface area contributed by atoms with Crippen molar-refractivity contribution in [2.75, 3.05) is 0 Å². The molecule has 1 aromatic carbocycles. The number of nitrogens with zero attached hydrogens (tertiary/aromatic N) is 1. The third kappa shape index (κ3) is 4.82. The number of nitrogens with one attached hydrogen (secondary N) is 1. The number of alkyl halides is 3. The Balaban J connectivity index is 2.22. The Morgan fingerprint density at radius 2 is 1.73 bits per heavy atom. The number of aromatic nitrogens is 1. The number of hydrogen-bond acceptors (Lipinski definition) is 2. The third-order valence-corrected chi connectivity index (χ3v) is 7.09. The van der Waals surface area contributed by atoms with E-state index in [9.17, 15) is 26.0 Å². The van der Waals surface area contributed by atoms with Gasteiger partial charge in [0.25, 0.3) is 0 Å². The first kappa shape index (κ1) is 23.1. The van der Waals surface area contributed by atoms with Crippen LogP contribution in [0.4, 0.5) is 17.6 Å². The van der Waals surface area contributed by atoms with Crippen molar-refractivity contribution in [1.29, 1.82) is 0 Å². The van der Waals surface area contributed by atoms with Gasteiger partial charge in [0.05, 0.1) is 5.25 Å². The van der Waals surface area contributed by atoms with Crippen LogP contribution in [0, 0.1) is 11.2 Å². The fourth-order valence-corrected chi connectivity index (χ4v) is 5.15. The molecule has 0 radical (unpaired) electrons. The molecule has 1 aliphatic carbocycles. The molecule has 1 heterocycles. The van der Waals surface area contributed by atoms with Gasteiger partial charge in [-0.25, -0.2) is 12.8 Å². The van der Waals surface area contributed by atoms with Gasteiger partial charge in [-0.2, -0.15) is 17.9 Å². The predicted octanol–water partition coefficient (Wildman–Crippen LogP) is 5.64. The number of sulfonamides is 1. The highest BCUT2D eigenvalue weighted by Crippen LogP contribution is 2.41. The van der Waals surface area contributed by atoms with E-state index in [1.54, 1.807) is 10.6 Å². The molecule has 1 fully saturated rings. The monoisotopic (exact) mass is 448 g/mol. The lowest BCUT2D eigenvalue weighted by Gasteiger charge is -2.22. The average Bonchev–Trinajstić information content (AvgIpc) is 3.36. The molecule has 1 saturated carbocycles. The predicted molar refractivity (Wildman–Crippen MR) is 109 cm³/mol. The average molecular weight is 449 g/mol. The molecular formula is C21H28F4N2O2S. The molecule has 30 heavy (non-hydrogen) atoms. The number of hydrogen-bond donors (Lipinski definition) is 1. The Morgan fingerprint density at radius 3 is 2.20 bits per heavy atom. The van der Waals surface area contributed by atoms with Gasteiger partial charge in [0.1, 0.15) is 11.9 Å². The summed E-state index contributed by atoms with van der Waals surface area (Å²) in [6.45, 7) is 9.86. The summed E-state index contributed by atoms with van der Waals surface area (Å²) in [6, 6.07) is 0.243. The smallest absolute Gasteiger partial charge is 0.347 e. The quantitative estimate of drug-likeness (QED) is 0.582. The van der Waals surface area contributed by atoms with Gasteiger partial charge in [-0.3, -0.25) is 0 Å². The molecule has 1 aromatic heterocycles. The first-order chi connectivity index (χ1) is 13.6. The van der Waals surface area contributed by atoms with Crippen molar-refractivity contribution >= 4 is 20.9 Å². The van der Waals surface area contributed by atoms with Gasteiger partial charge in [0.2, 0.25) is 10.0 Å². The van der Waals surface area contributed by atoms with Crippen molar-refractivity contribution in [1.82, 2.24) is 9.29 Å². The van der Waals surface area contributed by atoms with E-state index in [1.807, 2.05) is 39.3 Å². The van der Waals surface area contributed by atoms with Crippen molar-refractivity contribution in [3.63, 3.8) is 0 Å². The fraction of sp³-hybridized carbons (Fsp3) is 0.619. The third-order valence-electron chi connectivity index (χ3n) is 5.18. The highest BCUT2D eigenvalue weighted by atomic mass is 32.2. The maximum atomic E-state index is 14.7. The van der Waals surface area contributed by atoms with Gasteiger partial charge in [-0.15, -0.1) is 0 Å². The summed E-state index contributed by atoms with van der Waals surface area (Å²) in [4.78, 5) is 0. The second kappa shape index (κ2) is 7.51. The van der Waals surface area contributed by atoms with E-state index in [0.717, 1.165) is 6.07 Å². The van der Waals surface area contributed by atoms with Gasteiger partial charge < -0.3 is 4.57 Å². The number of benzene rings is 1. The van der Waals surface area contributed by atoms with Crippen molar-refractivity contribution < 1.29 is 26.0 Å². The van der Waals surface area contributed by atoms with E-state index < -0.39 is 33.3 Å². The molecule has 168 valence electrons. The summed E-state index contributed by atoms with van der Waals surface area (Å²) in [5.74, 6) is -0.749. The molecule has 1 atom stereocenters. The summed E-state index contributed by atoms with van der Waals surface area (Å²) >= 11 is 0. The SMILES string of the molecule is CC(C)c1cc2c(cc1F)c(C(NS(=O)(=O)C1CC1)C(F)(F)F)cn2CC(C)(C)C. The zero-order valence-corrected chi connectivity index (χ0v) is 18.6. The molecule has 1 unspecified atom stereocenters. The molecule has 3 rings (SSSR count). The molecule has 2 aromatic rings. The molecule has 4 nitrogen and oxygen atoms in total. The summed E-state index contributed by atoms with van der Waals surface area (Å²) in [5, 5.41) is -0.725. The Kier molecular flexibility index (Phi) is 5.77. The Bertz CT molecular complexity index is 1050. The molecule has 1 N–H and O–H groups in total. The van der Waals surface area contributed by atoms with E-state index in [-0.39, 0.29) is 22.3 Å². The maximum Gasteiger partial charge on any atom is 0.408 e. The van der Waals surface area contributed by atoms with Crippen LogP contribution in [-0.4, -0.2) is 24.4 Å². The number of halogens is 4. The normalized spacial score (nSPS) is 17.1. The number of fused-ring (bicyclic) bond motifs is 1. The van der Waals surface area contributed by atoms with Crippen LogP contribution in [0.25, 0.3) is 10.9 Å². The van der Waals surface area contributed by atoms with E-state index in [0.29, 0.717) is 30.5 Å². The minimum atomic E-state index is -4.87. The van der Waals surface area contributed by atoms with Crippen LogP contribution in [0.1, 0.15) is 70.5 Å². The highest BCUT2D eigenvalue weighted by Gasteiger charge is 2.47. The van der Waals surface area contributed by atoms with Gasteiger partial charge in [-0.1, -0.05) is 34.6 Å². The molecule has 0 bridgehead atoms. The first-order valence-corrected chi connectivity index (χ1v) is 11.5. The number of rotatable bonds is 6. The minimum absolute atomic E-state index is 0.0713. The van der Waals surface area contributed by atoms with Crippen LogP contribution < -0.4 is 4.72 Å². The largest absolute Gasteiger partial charge is 0.408 e. The van der Waals surface area contributed by atoms with Crippen LogP contribution in [0.3, 0.4) is 0 Å². The minimum Gasteiger partial charge on any atom is -0.347 e. The topological polar surface area (TPSA) is 51.1 Å². The van der Waals surface area contributed by atoms with Crippen molar-refractivity contribution in [3.05, 3.63) is 35.3 Å². The molecule has 0 spiro atoms. The summed E-state index contributed by atoms with van der Waals surface area (Å²) in [7, 11) is -4.12. The summed E-state index contributed by atoms with van der Waals surface area (Å²) in [5.41, 5.74) is 0.339. The zero-order valence-electron chi connectivity index (χ0n) is 17.8. The second-order valence-corrected chi connectivity index (χ2v) is 11.6. The van der Waals surface area contributed by atoms with Crippen molar-refractivity contribution in [2.24, 2.45) is 5.41 Å². The Morgan fingerprint density at radius 1 is 1.13 bits per heavy atom. The Labute approximate surface area is 174 Å². The van der Waals surface area contributed by atoms with Crippen LogP contribution in [-0.2, 0) is 16.6 Å². The molecule has 1 aliphatic rings. The van der Waals surface area contributed by atoms with Crippen LogP contribution in [0.2, 0.25) is 0 Å². The lowest BCUT2D eigenvalue weighted by Crippen LogP contribution is -2.39. The molecule has 0 amide bonds. The molecule has 0 saturated heterocycles. The standard InChI is InChI=1S/C21H28F4N2O2S/c1-12(2)14-9-18-15(8-17(14)22)16(10-27(18)11-20(3,4)5)19(21(23,24)25)26-30(28,29)13-6-7-13/h8-10,12-13,19,26H,6-7,11H2,1-5H3. The maximum absolute atomic E-state index is 14.7. The molecular weight excluding hydrogens is 420 g/mol. The summed E-state index contributed by atoms with van der Waals surface area (Å²) in [6.07, 6.45) is -2.86. The zero-order chi connectivity index (χ0) is 22.6. The van der Waals surface area contributed by atoms with Crippen LogP contribution in [0.5, 0.6) is 0 Å². The lowest BCUT2D eigenvalue weighted by atomic mass is 9.96. The fourth-order valence-electron chi connectivity index (χ4n) is 3.61. The van der Waals surface area contributed by atoms with E-state index in [4.69, 9.17) is 0 Å². The van der Waals surface area contributed by atoms with Gasteiger partial charge in [-0.05, 0) is 41.9 Å². The van der Waals surface area contributed by atoms with Crippen molar-refractivity contribution in [2.45, 2.75) is 77.4 Å². The highest BCUT2D eigenvalue weighted by molar-refractivity contribution is 7.90. The molecule has 0 aliphatic heterocycles. The Hall–Kier alpha value is -1.61. The van der Waals surface area contributed by atoms with E-state index >= 15 is 0 Å². The lowest BCUT2D eigenvalue weighted by molar-refractivity contribution is -0.152. The van der Waals surface area contributed by atoms with E-state index in [1.165, 1.54) is 6.20 Å². The van der Waals surface area contributed by atoms with Crippen LogP contribution >= 0.6 is 0 Å². The van der Waals surface area contributed by atoms with Crippen LogP contribution in [0.15, 0.2) is 18.3 Å². The van der Waals surface area contributed by atoms with Crippen molar-refractivity contribution in [3.8, 4) is 0 Å². The second-order valence-electron chi connectivity index (χ2n) is 9.66. The first-order valence-electron chi connectivity index (χ1n) is 10.00.